The van der Waals surface area contributed by atoms with Crippen LogP contribution in [0.5, 0.6) is 0 Å². The standard InChI is InChI=1S/C12H14BrN3S/c1-3-17-9-6-4-8(5-7-9)11-10(13)12(14)15-16(11)2/h4-7H,3H2,1-2H3,(H2,14,15). The van der Waals surface area contributed by atoms with E-state index in [0.29, 0.717) is 5.82 Å². The van der Waals surface area contributed by atoms with Crippen LogP contribution in [-0.2, 0) is 7.05 Å². The van der Waals surface area contributed by atoms with Crippen molar-refractivity contribution in [2.75, 3.05) is 11.5 Å². The zero-order chi connectivity index (χ0) is 12.4. The van der Waals surface area contributed by atoms with Crippen LogP contribution in [0.1, 0.15) is 6.92 Å². The highest BCUT2D eigenvalue weighted by Crippen LogP contribution is 2.32. The lowest BCUT2D eigenvalue weighted by Gasteiger charge is -2.04. The molecule has 0 amide bonds. The molecule has 1 aromatic heterocycles. The topological polar surface area (TPSA) is 43.8 Å². The number of hydrogen-bond donors (Lipinski definition) is 1. The Labute approximate surface area is 114 Å². The van der Waals surface area contributed by atoms with E-state index in [1.165, 1.54) is 4.90 Å². The van der Waals surface area contributed by atoms with E-state index in [-0.39, 0.29) is 0 Å². The van der Waals surface area contributed by atoms with Crippen LogP contribution in [0.4, 0.5) is 5.82 Å². The Hall–Kier alpha value is -0.940. The van der Waals surface area contributed by atoms with Crippen molar-refractivity contribution in [3.63, 3.8) is 0 Å². The number of halogens is 1. The minimum atomic E-state index is 0.523. The molecule has 1 aromatic carbocycles. The molecule has 0 aliphatic heterocycles. The second-order valence-electron chi connectivity index (χ2n) is 3.63. The van der Waals surface area contributed by atoms with Crippen molar-refractivity contribution in [2.45, 2.75) is 11.8 Å². The van der Waals surface area contributed by atoms with E-state index in [4.69, 9.17) is 5.73 Å². The average Bonchev–Trinajstić information content (AvgIpc) is 2.55. The Morgan fingerprint density at radius 2 is 2.00 bits per heavy atom. The van der Waals surface area contributed by atoms with Crippen LogP contribution in [0.3, 0.4) is 0 Å². The van der Waals surface area contributed by atoms with Crippen molar-refractivity contribution in [1.29, 1.82) is 0 Å². The van der Waals surface area contributed by atoms with Crippen LogP contribution in [0.15, 0.2) is 33.6 Å². The first-order valence-corrected chi connectivity index (χ1v) is 7.12. The molecule has 0 radical (unpaired) electrons. The third-order valence-corrected chi connectivity index (χ3v) is 4.13. The molecule has 2 aromatic rings. The number of nitrogens with two attached hydrogens (primary N) is 1. The summed E-state index contributed by atoms with van der Waals surface area (Å²) in [6, 6.07) is 8.44. The third-order valence-electron chi connectivity index (χ3n) is 2.45. The number of nitrogen functional groups attached to an aromatic ring is 1. The maximum Gasteiger partial charge on any atom is 0.160 e. The predicted molar refractivity (Wildman–Crippen MR) is 77.2 cm³/mol. The molecule has 0 unspecified atom stereocenters. The molecule has 2 N–H and O–H groups in total. The van der Waals surface area contributed by atoms with Gasteiger partial charge in [0.15, 0.2) is 5.82 Å². The Kier molecular flexibility index (Phi) is 3.79. The molecule has 0 spiro atoms. The third kappa shape index (κ3) is 2.50. The minimum Gasteiger partial charge on any atom is -0.381 e. The van der Waals surface area contributed by atoms with Crippen LogP contribution in [-0.4, -0.2) is 15.5 Å². The summed E-state index contributed by atoms with van der Waals surface area (Å²) >= 11 is 5.31. The van der Waals surface area contributed by atoms with Gasteiger partial charge in [-0.15, -0.1) is 11.8 Å². The van der Waals surface area contributed by atoms with E-state index >= 15 is 0 Å². The van der Waals surface area contributed by atoms with E-state index in [1.807, 2.05) is 18.8 Å². The molecule has 2 rings (SSSR count). The molecule has 0 saturated heterocycles. The van der Waals surface area contributed by atoms with Gasteiger partial charge in [0, 0.05) is 17.5 Å². The molecule has 0 bridgehead atoms. The molecule has 3 nitrogen and oxygen atoms in total. The molecule has 0 saturated carbocycles. The predicted octanol–water partition coefficient (Wildman–Crippen LogP) is 3.54. The normalized spacial score (nSPS) is 10.8. The minimum absolute atomic E-state index is 0.523. The van der Waals surface area contributed by atoms with E-state index < -0.39 is 0 Å². The summed E-state index contributed by atoms with van der Waals surface area (Å²) in [5, 5.41) is 4.19. The molecule has 0 aliphatic rings. The number of rotatable bonds is 3. The van der Waals surface area contributed by atoms with E-state index in [9.17, 15) is 0 Å². The first-order valence-electron chi connectivity index (χ1n) is 5.34. The van der Waals surface area contributed by atoms with Crippen LogP contribution in [0, 0.1) is 0 Å². The average molecular weight is 312 g/mol. The number of aryl methyl sites for hydroxylation is 1. The van der Waals surface area contributed by atoms with Crippen LogP contribution in [0.2, 0.25) is 0 Å². The molecular formula is C12H14BrN3S. The lowest BCUT2D eigenvalue weighted by atomic mass is 10.1. The lowest BCUT2D eigenvalue weighted by Crippen LogP contribution is -1.94. The quantitative estimate of drug-likeness (QED) is 0.882. The zero-order valence-electron chi connectivity index (χ0n) is 9.77. The Balaban J connectivity index is 2.39. The number of hydrogen-bond acceptors (Lipinski definition) is 3. The van der Waals surface area contributed by atoms with Crippen molar-refractivity contribution < 1.29 is 0 Å². The van der Waals surface area contributed by atoms with E-state index in [1.54, 1.807) is 4.68 Å². The molecule has 0 atom stereocenters. The Bertz CT molecular complexity index is 519. The number of nitrogens with zero attached hydrogens (tertiary/aromatic N) is 2. The van der Waals surface area contributed by atoms with Gasteiger partial charge in [0.1, 0.15) is 0 Å². The van der Waals surface area contributed by atoms with Gasteiger partial charge in [0.25, 0.3) is 0 Å². The van der Waals surface area contributed by atoms with Gasteiger partial charge in [-0.1, -0.05) is 19.1 Å². The van der Waals surface area contributed by atoms with Crippen molar-refractivity contribution in [3.05, 3.63) is 28.7 Å². The fourth-order valence-corrected chi connectivity index (χ4v) is 2.93. The maximum absolute atomic E-state index is 5.77. The van der Waals surface area contributed by atoms with Crippen LogP contribution in [0.25, 0.3) is 11.3 Å². The number of thioether (sulfide) groups is 1. The first-order chi connectivity index (χ1) is 8.13. The summed E-state index contributed by atoms with van der Waals surface area (Å²) in [7, 11) is 1.89. The molecular weight excluding hydrogens is 298 g/mol. The fourth-order valence-electron chi connectivity index (χ4n) is 1.71. The van der Waals surface area contributed by atoms with Gasteiger partial charge in [-0.25, -0.2) is 0 Å². The van der Waals surface area contributed by atoms with Crippen molar-refractivity contribution in [1.82, 2.24) is 9.78 Å². The molecule has 90 valence electrons. The van der Waals surface area contributed by atoms with Crippen LogP contribution < -0.4 is 5.73 Å². The maximum atomic E-state index is 5.77. The van der Waals surface area contributed by atoms with Crippen LogP contribution >= 0.6 is 27.7 Å². The summed E-state index contributed by atoms with van der Waals surface area (Å²) < 4.78 is 2.65. The Morgan fingerprint density at radius 3 is 2.47 bits per heavy atom. The fraction of sp³-hybridized carbons (Fsp3) is 0.250. The SMILES string of the molecule is CCSc1ccc(-c2c(Br)c(N)nn2C)cc1. The van der Waals surface area contributed by atoms with Gasteiger partial charge in [0.05, 0.1) is 10.2 Å². The highest BCUT2D eigenvalue weighted by atomic mass is 79.9. The molecule has 1 heterocycles. The molecule has 17 heavy (non-hydrogen) atoms. The molecule has 5 heteroatoms. The zero-order valence-corrected chi connectivity index (χ0v) is 12.2. The summed E-state index contributed by atoms with van der Waals surface area (Å²) in [4.78, 5) is 1.28. The van der Waals surface area contributed by atoms with E-state index in [0.717, 1.165) is 21.5 Å². The van der Waals surface area contributed by atoms with Crippen molar-refractivity contribution in [3.8, 4) is 11.3 Å². The second-order valence-corrected chi connectivity index (χ2v) is 5.76. The summed E-state index contributed by atoms with van der Waals surface area (Å²) in [6.07, 6.45) is 0. The first kappa shape index (κ1) is 12.5. The van der Waals surface area contributed by atoms with Crippen molar-refractivity contribution in [2.24, 2.45) is 7.05 Å². The summed E-state index contributed by atoms with van der Waals surface area (Å²) in [5.74, 6) is 1.61. The van der Waals surface area contributed by atoms with Gasteiger partial charge >= 0.3 is 0 Å². The van der Waals surface area contributed by atoms with Gasteiger partial charge in [-0.05, 0) is 33.8 Å². The Morgan fingerprint density at radius 1 is 1.35 bits per heavy atom. The number of benzene rings is 1. The van der Waals surface area contributed by atoms with E-state index in [2.05, 4.69) is 52.2 Å². The van der Waals surface area contributed by atoms with Crippen molar-refractivity contribution >= 4 is 33.5 Å². The van der Waals surface area contributed by atoms with Gasteiger partial charge in [-0.3, -0.25) is 4.68 Å². The van der Waals surface area contributed by atoms with Gasteiger partial charge < -0.3 is 5.73 Å². The summed E-state index contributed by atoms with van der Waals surface area (Å²) in [6.45, 7) is 2.15. The monoisotopic (exact) mass is 311 g/mol. The molecule has 0 fully saturated rings. The van der Waals surface area contributed by atoms with Gasteiger partial charge in [0.2, 0.25) is 0 Å². The van der Waals surface area contributed by atoms with Gasteiger partial charge in [-0.2, -0.15) is 5.10 Å². The number of aromatic nitrogens is 2. The smallest absolute Gasteiger partial charge is 0.160 e. The molecule has 0 aliphatic carbocycles. The highest BCUT2D eigenvalue weighted by molar-refractivity contribution is 9.10. The number of anilines is 1. The second kappa shape index (κ2) is 5.14. The largest absolute Gasteiger partial charge is 0.381 e. The lowest BCUT2D eigenvalue weighted by molar-refractivity contribution is 0.780. The highest BCUT2D eigenvalue weighted by Gasteiger charge is 2.12. The summed E-state index contributed by atoms with van der Waals surface area (Å²) in [5.41, 5.74) is 7.90.